The van der Waals surface area contributed by atoms with Crippen molar-refractivity contribution in [2.45, 2.75) is 263 Å². The minimum Gasteiger partial charge on any atom is -0.466 e. The number of ether oxygens (including phenoxy) is 2. The molecule has 8 nitrogen and oxygen atoms in total. The van der Waals surface area contributed by atoms with Gasteiger partial charge in [-0.05, 0) is 96.7 Å². The summed E-state index contributed by atoms with van der Waals surface area (Å²) in [6.45, 7) is 10.8. The molecule has 0 bridgehead atoms. The molecule has 0 aliphatic heterocycles. The van der Waals surface area contributed by atoms with Gasteiger partial charge in [0.25, 0.3) is 0 Å². The lowest BCUT2D eigenvalue weighted by Crippen LogP contribution is -2.32. The fraction of sp³-hybridized carbons (Fsp3) is 0.958. The summed E-state index contributed by atoms with van der Waals surface area (Å²) < 4.78 is 38.9. The zero-order valence-electron chi connectivity index (χ0n) is 38.0. The maximum absolute atomic E-state index is 12.8. The molecule has 0 heterocycles. The number of hydrogen-bond acceptors (Lipinski definition) is 7. The third kappa shape index (κ3) is 35.3. The van der Waals surface area contributed by atoms with Gasteiger partial charge in [0.15, 0.2) is 0 Å². The van der Waals surface area contributed by atoms with Crippen LogP contribution < -0.4 is 4.72 Å². The molecule has 57 heavy (non-hydrogen) atoms. The molecule has 1 rings (SSSR count). The van der Waals surface area contributed by atoms with Crippen molar-refractivity contribution in [1.29, 1.82) is 0 Å². The second-order valence-corrected chi connectivity index (χ2v) is 19.5. The molecule has 1 N–H and O–H groups in total. The first-order chi connectivity index (χ1) is 27.8. The Morgan fingerprint density at radius 3 is 1.42 bits per heavy atom. The van der Waals surface area contributed by atoms with Gasteiger partial charge in [-0.25, -0.2) is 13.1 Å². The van der Waals surface area contributed by atoms with E-state index in [4.69, 9.17) is 9.47 Å². The minimum atomic E-state index is -3.13. The van der Waals surface area contributed by atoms with Crippen LogP contribution in [0.5, 0.6) is 0 Å². The van der Waals surface area contributed by atoms with Crippen molar-refractivity contribution in [3.05, 3.63) is 0 Å². The second kappa shape index (κ2) is 39.0. The molecule has 0 unspecified atom stereocenters. The molecule has 0 saturated heterocycles. The lowest BCUT2D eigenvalue weighted by molar-refractivity contribution is -0.150. The van der Waals surface area contributed by atoms with Gasteiger partial charge < -0.3 is 14.4 Å². The van der Waals surface area contributed by atoms with Crippen LogP contribution in [-0.4, -0.2) is 69.4 Å². The smallest absolute Gasteiger partial charge is 0.306 e. The van der Waals surface area contributed by atoms with Crippen LogP contribution in [0.1, 0.15) is 252 Å². The van der Waals surface area contributed by atoms with E-state index in [0.717, 1.165) is 129 Å². The first-order valence-electron chi connectivity index (χ1n) is 24.9. The molecule has 1 aliphatic rings. The minimum absolute atomic E-state index is 0.000754. The molecule has 338 valence electrons. The van der Waals surface area contributed by atoms with E-state index in [2.05, 4.69) is 30.4 Å². The number of nitrogens with zero attached hydrogens (tertiary/aromatic N) is 1. The van der Waals surface area contributed by atoms with Crippen LogP contribution in [-0.2, 0) is 29.1 Å². The lowest BCUT2D eigenvalue weighted by Gasteiger charge is -2.22. The van der Waals surface area contributed by atoms with Crippen LogP contribution in [0.25, 0.3) is 0 Å². The highest BCUT2D eigenvalue weighted by Crippen LogP contribution is 2.27. The van der Waals surface area contributed by atoms with E-state index >= 15 is 0 Å². The van der Waals surface area contributed by atoms with Crippen molar-refractivity contribution in [3.63, 3.8) is 0 Å². The predicted octanol–water partition coefficient (Wildman–Crippen LogP) is 13.1. The molecule has 0 atom stereocenters. The maximum Gasteiger partial charge on any atom is 0.306 e. The zero-order chi connectivity index (χ0) is 41.5. The van der Waals surface area contributed by atoms with Gasteiger partial charge in [-0.2, -0.15) is 0 Å². The fourth-order valence-corrected chi connectivity index (χ4v) is 9.17. The Kier molecular flexibility index (Phi) is 36.8. The van der Waals surface area contributed by atoms with E-state index < -0.39 is 10.0 Å². The Morgan fingerprint density at radius 2 is 0.930 bits per heavy atom. The molecule has 0 spiro atoms. The van der Waals surface area contributed by atoms with Crippen molar-refractivity contribution in [2.75, 3.05) is 32.8 Å². The van der Waals surface area contributed by atoms with Crippen LogP contribution in [0.15, 0.2) is 0 Å². The van der Waals surface area contributed by atoms with E-state index in [-0.39, 0.29) is 23.3 Å². The van der Waals surface area contributed by atoms with Gasteiger partial charge in [0.05, 0.1) is 11.9 Å². The quantitative estimate of drug-likeness (QED) is 0.0482. The Balaban J connectivity index is 2.29. The second-order valence-electron chi connectivity index (χ2n) is 17.4. The predicted molar refractivity (Wildman–Crippen MR) is 241 cm³/mol. The van der Waals surface area contributed by atoms with Crippen LogP contribution in [0.3, 0.4) is 0 Å². The van der Waals surface area contributed by atoms with Crippen LogP contribution >= 0.6 is 0 Å². The molecule has 0 radical (unpaired) electrons. The van der Waals surface area contributed by atoms with Gasteiger partial charge >= 0.3 is 11.9 Å². The molecule has 0 aromatic rings. The highest BCUT2D eigenvalue weighted by atomic mass is 32.2. The number of rotatable bonds is 45. The van der Waals surface area contributed by atoms with Gasteiger partial charge in [0.1, 0.15) is 6.10 Å². The molecule has 9 heteroatoms. The molecular formula is C48H94N2O6S. The van der Waals surface area contributed by atoms with Crippen LogP contribution in [0, 0.1) is 0 Å². The van der Waals surface area contributed by atoms with Crippen LogP contribution in [0.2, 0.25) is 0 Å². The van der Waals surface area contributed by atoms with Crippen LogP contribution in [0.4, 0.5) is 0 Å². The van der Waals surface area contributed by atoms with Gasteiger partial charge in [0, 0.05) is 19.4 Å². The number of sulfonamides is 1. The summed E-state index contributed by atoms with van der Waals surface area (Å²) in [5.41, 5.74) is 0. The third-order valence-corrected chi connectivity index (χ3v) is 13.7. The SMILES string of the molecule is CCCCCCCCCOC(=O)CCCCCCCN(CCCCCCCC(=O)OC(CCCCCCCC)CCCCCCCC)CCCNS(=O)(=O)C1CC1. The number of carbonyl (C=O) groups excluding carboxylic acids is 2. The van der Waals surface area contributed by atoms with E-state index in [1.807, 2.05) is 0 Å². The Bertz CT molecular complexity index is 1000. The summed E-state index contributed by atoms with van der Waals surface area (Å²) in [6, 6.07) is 0. The molecule has 1 saturated carbocycles. The van der Waals surface area contributed by atoms with Gasteiger partial charge in [-0.3, -0.25) is 9.59 Å². The average molecular weight is 827 g/mol. The number of nitrogens with one attached hydrogen (secondary N) is 1. The van der Waals surface area contributed by atoms with Crippen molar-refractivity contribution in [2.24, 2.45) is 0 Å². The maximum atomic E-state index is 12.8. The van der Waals surface area contributed by atoms with E-state index in [1.54, 1.807) is 0 Å². The molecule has 1 fully saturated rings. The fourth-order valence-electron chi connectivity index (χ4n) is 7.75. The Morgan fingerprint density at radius 1 is 0.526 bits per heavy atom. The standard InChI is InChI=1S/C48H94N2O6S/c1-4-7-10-13-16-25-32-44-55-47(51)36-28-21-17-23-30-41-50(43-33-40-49-57(53,54)46-38-39-46)42-31-24-18-22-29-37-48(52)56-45(34-26-19-14-11-8-5-2)35-27-20-15-12-9-6-3/h45-46,49H,4-44H2,1-3H3. The number of hydrogen-bond donors (Lipinski definition) is 1. The van der Waals surface area contributed by atoms with Crippen molar-refractivity contribution < 1.29 is 27.5 Å². The zero-order valence-corrected chi connectivity index (χ0v) is 38.8. The van der Waals surface area contributed by atoms with Gasteiger partial charge in [-0.15, -0.1) is 0 Å². The summed E-state index contributed by atoms with van der Waals surface area (Å²) >= 11 is 0. The summed E-state index contributed by atoms with van der Waals surface area (Å²) in [7, 11) is -3.13. The molecule has 0 aromatic heterocycles. The first-order valence-corrected chi connectivity index (χ1v) is 26.4. The average Bonchev–Trinajstić information content (AvgIpc) is 4.06. The summed E-state index contributed by atoms with van der Waals surface area (Å²) in [6.07, 6.45) is 40.2. The highest BCUT2D eigenvalue weighted by Gasteiger charge is 2.35. The number of esters is 2. The largest absolute Gasteiger partial charge is 0.466 e. The Hall–Kier alpha value is -1.19. The van der Waals surface area contributed by atoms with E-state index in [1.165, 1.54) is 109 Å². The van der Waals surface area contributed by atoms with Gasteiger partial charge in [-0.1, -0.05) is 162 Å². The molecule has 0 aromatic carbocycles. The van der Waals surface area contributed by atoms with Crippen molar-refractivity contribution in [3.8, 4) is 0 Å². The summed E-state index contributed by atoms with van der Waals surface area (Å²) in [5.74, 6) is -0.0465. The van der Waals surface area contributed by atoms with Gasteiger partial charge in [0.2, 0.25) is 10.0 Å². The normalized spacial score (nSPS) is 13.2. The topological polar surface area (TPSA) is 102 Å². The van der Waals surface area contributed by atoms with Crippen molar-refractivity contribution in [1.82, 2.24) is 9.62 Å². The van der Waals surface area contributed by atoms with E-state index in [0.29, 0.717) is 26.0 Å². The summed E-state index contributed by atoms with van der Waals surface area (Å²) in [5, 5.41) is -0.168. The molecule has 0 amide bonds. The monoisotopic (exact) mass is 827 g/mol. The molecular weight excluding hydrogens is 733 g/mol. The number of unbranched alkanes of at least 4 members (excludes halogenated alkanes) is 24. The van der Waals surface area contributed by atoms with E-state index in [9.17, 15) is 18.0 Å². The first kappa shape index (κ1) is 53.8. The summed E-state index contributed by atoms with van der Waals surface area (Å²) in [4.78, 5) is 27.4. The highest BCUT2D eigenvalue weighted by molar-refractivity contribution is 7.90. The Labute approximate surface area is 354 Å². The third-order valence-electron chi connectivity index (χ3n) is 11.7. The molecule has 1 aliphatic carbocycles. The van der Waals surface area contributed by atoms with Crippen molar-refractivity contribution >= 4 is 22.0 Å². The lowest BCUT2D eigenvalue weighted by atomic mass is 10.0. The number of carbonyl (C=O) groups is 2.